The Bertz CT molecular complexity index is 784. The quantitative estimate of drug-likeness (QED) is 0.539. The molecule has 0 aliphatic heterocycles. The van der Waals surface area contributed by atoms with E-state index < -0.39 is 10.1 Å². The molecule has 0 bridgehead atoms. The molecular weight excluding hydrogens is 328 g/mol. The molecule has 0 aromatic heterocycles. The summed E-state index contributed by atoms with van der Waals surface area (Å²) in [5.74, 6) is 0.715. The lowest BCUT2D eigenvalue weighted by atomic mass is 10.1. The van der Waals surface area contributed by atoms with Crippen LogP contribution in [0.25, 0.3) is 0 Å². The van der Waals surface area contributed by atoms with E-state index in [0.717, 1.165) is 25.7 Å². The van der Waals surface area contributed by atoms with Crippen LogP contribution in [0.2, 0.25) is 0 Å². The Morgan fingerprint density at radius 3 is 2.42 bits per heavy atom. The van der Waals surface area contributed by atoms with Gasteiger partial charge in [0, 0.05) is 12.1 Å². The second kappa shape index (κ2) is 8.17. The van der Waals surface area contributed by atoms with Crippen LogP contribution in [-0.2, 0) is 16.5 Å². The third kappa shape index (κ3) is 5.25. The van der Waals surface area contributed by atoms with Gasteiger partial charge < -0.3 is 9.84 Å². The van der Waals surface area contributed by atoms with Crippen molar-refractivity contribution >= 4 is 10.1 Å². The first-order valence-corrected chi connectivity index (χ1v) is 9.41. The molecule has 5 nitrogen and oxygen atoms in total. The molecule has 2 N–H and O–H groups in total. The summed E-state index contributed by atoms with van der Waals surface area (Å²) in [6.07, 6.45) is 4.66. The molecule has 0 saturated carbocycles. The van der Waals surface area contributed by atoms with Gasteiger partial charge in [-0.2, -0.15) is 8.42 Å². The largest absolute Gasteiger partial charge is 0.508 e. The molecule has 0 spiro atoms. The van der Waals surface area contributed by atoms with E-state index in [4.69, 9.17) is 4.74 Å². The molecule has 0 amide bonds. The smallest absolute Gasteiger partial charge is 0.294 e. The maximum atomic E-state index is 11.7. The zero-order chi connectivity index (χ0) is 17.6. The van der Waals surface area contributed by atoms with E-state index in [-0.39, 0.29) is 16.4 Å². The summed E-state index contributed by atoms with van der Waals surface area (Å²) >= 11 is 0. The van der Waals surface area contributed by atoms with Crippen LogP contribution in [-0.4, -0.2) is 18.1 Å². The van der Waals surface area contributed by atoms with Crippen LogP contribution < -0.4 is 4.74 Å². The first-order valence-electron chi connectivity index (χ1n) is 7.97. The molecule has 6 heteroatoms. The van der Waals surface area contributed by atoms with Crippen molar-refractivity contribution in [3.8, 4) is 17.2 Å². The lowest BCUT2D eigenvalue weighted by Gasteiger charge is -2.11. The van der Waals surface area contributed by atoms with Gasteiger partial charge in [0.1, 0.15) is 22.1 Å². The lowest BCUT2D eigenvalue weighted by molar-refractivity contribution is 0.452. The summed E-state index contributed by atoms with van der Waals surface area (Å²) in [6, 6.07) is 10.8. The van der Waals surface area contributed by atoms with Crippen molar-refractivity contribution in [3.63, 3.8) is 0 Å². The van der Waals surface area contributed by atoms with Crippen molar-refractivity contribution in [1.29, 1.82) is 0 Å². The molecule has 0 aliphatic rings. The van der Waals surface area contributed by atoms with Crippen molar-refractivity contribution in [2.45, 2.75) is 43.9 Å². The van der Waals surface area contributed by atoms with Gasteiger partial charge in [-0.1, -0.05) is 38.3 Å². The normalized spacial score (nSPS) is 11.4. The van der Waals surface area contributed by atoms with Gasteiger partial charge >= 0.3 is 0 Å². The average Bonchev–Trinajstić information content (AvgIpc) is 2.51. The first kappa shape index (κ1) is 18.3. The van der Waals surface area contributed by atoms with Gasteiger partial charge in [0.15, 0.2) is 0 Å². The summed E-state index contributed by atoms with van der Waals surface area (Å²) < 4.78 is 38.4. The maximum absolute atomic E-state index is 11.7. The maximum Gasteiger partial charge on any atom is 0.294 e. The van der Waals surface area contributed by atoms with Crippen LogP contribution >= 0.6 is 0 Å². The van der Waals surface area contributed by atoms with Crippen LogP contribution in [0.1, 0.15) is 38.2 Å². The molecule has 2 aromatic carbocycles. The fourth-order valence-electron chi connectivity index (χ4n) is 2.47. The molecule has 0 fully saturated rings. The molecule has 0 atom stereocenters. The first-order chi connectivity index (χ1) is 11.4. The molecule has 0 unspecified atom stereocenters. The summed E-state index contributed by atoms with van der Waals surface area (Å²) in [7, 11) is -4.33. The SMILES string of the molecule is CCCCCCc1ccc(Oc2cccc(O)c2)cc1S(=O)(=O)O. The second-order valence-corrected chi connectivity index (χ2v) is 7.04. The van der Waals surface area contributed by atoms with E-state index in [0.29, 0.717) is 17.7 Å². The van der Waals surface area contributed by atoms with Crippen molar-refractivity contribution in [2.75, 3.05) is 0 Å². The molecule has 2 rings (SSSR count). The summed E-state index contributed by atoms with van der Waals surface area (Å²) in [4.78, 5) is -0.128. The van der Waals surface area contributed by atoms with E-state index in [1.54, 1.807) is 24.3 Å². The Kier molecular flexibility index (Phi) is 6.23. The van der Waals surface area contributed by atoms with Gasteiger partial charge in [0.25, 0.3) is 10.1 Å². The summed E-state index contributed by atoms with van der Waals surface area (Å²) in [5, 5.41) is 9.44. The number of aryl methyl sites for hydroxylation is 1. The molecule has 24 heavy (non-hydrogen) atoms. The topological polar surface area (TPSA) is 83.8 Å². The van der Waals surface area contributed by atoms with Crippen LogP contribution in [0.15, 0.2) is 47.4 Å². The average molecular weight is 350 g/mol. The highest BCUT2D eigenvalue weighted by molar-refractivity contribution is 7.85. The predicted molar refractivity (Wildman–Crippen MR) is 92.3 cm³/mol. The second-order valence-electron chi connectivity index (χ2n) is 5.65. The molecule has 2 aromatic rings. The van der Waals surface area contributed by atoms with Crippen molar-refractivity contribution in [2.24, 2.45) is 0 Å². The fourth-order valence-corrected chi connectivity index (χ4v) is 3.24. The Morgan fingerprint density at radius 2 is 1.75 bits per heavy atom. The minimum Gasteiger partial charge on any atom is -0.508 e. The van der Waals surface area contributed by atoms with E-state index in [2.05, 4.69) is 6.92 Å². The Hall–Kier alpha value is -2.05. The van der Waals surface area contributed by atoms with Gasteiger partial charge in [0.2, 0.25) is 0 Å². The van der Waals surface area contributed by atoms with Gasteiger partial charge in [-0.3, -0.25) is 4.55 Å². The minimum atomic E-state index is -4.33. The number of benzene rings is 2. The van der Waals surface area contributed by atoms with Crippen LogP contribution in [0, 0.1) is 0 Å². The van der Waals surface area contributed by atoms with Gasteiger partial charge in [-0.05, 0) is 36.6 Å². The number of phenols is 1. The highest BCUT2D eigenvalue weighted by atomic mass is 32.2. The van der Waals surface area contributed by atoms with Gasteiger partial charge in [-0.15, -0.1) is 0 Å². The molecule has 0 saturated heterocycles. The lowest BCUT2D eigenvalue weighted by Crippen LogP contribution is -2.04. The third-order valence-electron chi connectivity index (χ3n) is 3.67. The zero-order valence-corrected chi connectivity index (χ0v) is 14.4. The van der Waals surface area contributed by atoms with Gasteiger partial charge in [0.05, 0.1) is 0 Å². The molecule has 0 radical (unpaired) electrons. The van der Waals surface area contributed by atoms with Crippen molar-refractivity contribution < 1.29 is 22.8 Å². The summed E-state index contributed by atoms with van der Waals surface area (Å²) in [5.41, 5.74) is 0.580. The van der Waals surface area contributed by atoms with Crippen LogP contribution in [0.4, 0.5) is 0 Å². The number of phenolic OH excluding ortho intramolecular Hbond substituents is 1. The zero-order valence-electron chi connectivity index (χ0n) is 13.6. The number of rotatable bonds is 8. The number of unbranched alkanes of at least 4 members (excludes halogenated alkanes) is 3. The van der Waals surface area contributed by atoms with Gasteiger partial charge in [-0.25, -0.2) is 0 Å². The summed E-state index contributed by atoms with van der Waals surface area (Å²) in [6.45, 7) is 2.11. The number of aromatic hydroxyl groups is 1. The minimum absolute atomic E-state index is 0.0510. The van der Waals surface area contributed by atoms with E-state index >= 15 is 0 Å². The number of hydrogen-bond acceptors (Lipinski definition) is 4. The Morgan fingerprint density at radius 1 is 1.00 bits per heavy atom. The molecule has 130 valence electrons. The predicted octanol–water partition coefficient (Wildman–Crippen LogP) is 4.55. The highest BCUT2D eigenvalue weighted by Gasteiger charge is 2.17. The molecule has 0 aliphatic carbocycles. The van der Waals surface area contributed by atoms with E-state index in [1.807, 2.05) is 0 Å². The standard InChI is InChI=1S/C18H22O5S/c1-2-3-4-5-7-14-10-11-17(13-18(14)24(20,21)22)23-16-9-6-8-15(19)12-16/h6,8-13,19H,2-5,7H2,1H3,(H,20,21,22). The van der Waals surface area contributed by atoms with Crippen LogP contribution in [0.3, 0.4) is 0 Å². The Balaban J connectivity index is 2.22. The van der Waals surface area contributed by atoms with E-state index in [1.165, 1.54) is 18.2 Å². The van der Waals surface area contributed by atoms with Crippen molar-refractivity contribution in [1.82, 2.24) is 0 Å². The fraction of sp³-hybridized carbons (Fsp3) is 0.333. The highest BCUT2D eigenvalue weighted by Crippen LogP contribution is 2.29. The monoisotopic (exact) mass is 350 g/mol. The Labute approximate surface area is 142 Å². The number of hydrogen-bond donors (Lipinski definition) is 2. The molecular formula is C18H22O5S. The number of ether oxygens (including phenoxy) is 1. The van der Waals surface area contributed by atoms with Crippen molar-refractivity contribution in [3.05, 3.63) is 48.0 Å². The van der Waals surface area contributed by atoms with E-state index in [9.17, 15) is 18.1 Å². The molecule has 0 heterocycles. The van der Waals surface area contributed by atoms with Crippen LogP contribution in [0.5, 0.6) is 17.2 Å². The third-order valence-corrected chi connectivity index (χ3v) is 4.61.